The average molecular weight is 517 g/mol. The molecule has 0 spiro atoms. The summed E-state index contributed by atoms with van der Waals surface area (Å²) in [5.74, 6) is -1.16. The molecule has 160 valence electrons. The summed E-state index contributed by atoms with van der Waals surface area (Å²) in [5.41, 5.74) is 0.386. The molecule has 2 heterocycles. The van der Waals surface area contributed by atoms with Gasteiger partial charge in [-0.15, -0.1) is 0 Å². The molecule has 11 heteroatoms. The van der Waals surface area contributed by atoms with Gasteiger partial charge in [0, 0.05) is 27.2 Å². The lowest BCUT2D eigenvalue weighted by molar-refractivity contribution is -0.384. The fraction of sp³-hybridized carbons (Fsp3) is 0. The molecule has 1 saturated heterocycles. The molecular weight excluding hydrogens is 506 g/mol. The third-order valence-corrected chi connectivity index (χ3v) is 5.44. The topological polar surface area (TPSA) is 123 Å². The third kappa shape index (κ3) is 4.05. The number of carbonyl (C=O) groups excluding carboxylic acids is 3. The van der Waals surface area contributed by atoms with Crippen molar-refractivity contribution in [1.82, 2.24) is 5.32 Å². The number of carbonyl (C=O) groups is 3. The van der Waals surface area contributed by atoms with Crippen LogP contribution >= 0.6 is 27.5 Å². The summed E-state index contributed by atoms with van der Waals surface area (Å²) in [6.07, 6.45) is 1.22. The quantitative estimate of drug-likeness (QED) is 0.227. The monoisotopic (exact) mass is 515 g/mol. The maximum Gasteiger partial charge on any atom is 0.335 e. The number of halogens is 2. The Morgan fingerprint density at radius 1 is 1.06 bits per heavy atom. The number of urea groups is 1. The molecule has 0 saturated carbocycles. The maximum absolute atomic E-state index is 12.9. The molecule has 1 aliphatic heterocycles. The molecule has 0 unspecified atom stereocenters. The summed E-state index contributed by atoms with van der Waals surface area (Å²) in [6, 6.07) is 12.4. The summed E-state index contributed by atoms with van der Waals surface area (Å²) < 4.78 is 6.14. The number of barbiturate groups is 1. The smallest absolute Gasteiger partial charge is 0.335 e. The normalized spacial score (nSPS) is 15.2. The van der Waals surface area contributed by atoms with Crippen LogP contribution in [0.3, 0.4) is 0 Å². The van der Waals surface area contributed by atoms with Crippen molar-refractivity contribution in [2.75, 3.05) is 4.90 Å². The van der Waals surface area contributed by atoms with Gasteiger partial charge in [0.15, 0.2) is 0 Å². The van der Waals surface area contributed by atoms with Crippen LogP contribution in [0, 0.1) is 10.1 Å². The molecular formula is C21H11BrClN3O6. The minimum absolute atomic E-state index is 0.0917. The van der Waals surface area contributed by atoms with Crippen LogP contribution in [0.4, 0.5) is 16.2 Å². The van der Waals surface area contributed by atoms with Crippen molar-refractivity contribution in [2.45, 2.75) is 0 Å². The van der Waals surface area contributed by atoms with Gasteiger partial charge in [-0.05, 0) is 64.5 Å². The lowest BCUT2D eigenvalue weighted by Gasteiger charge is -2.26. The number of rotatable bonds is 4. The van der Waals surface area contributed by atoms with E-state index in [1.165, 1.54) is 54.6 Å². The SMILES string of the molecule is O=C1NC(=O)N(c2ccc(Cl)cc2)C(=O)/C1=C/c1ccc(-c2ccc([N+](=O)[O-])cc2Br)o1. The summed E-state index contributed by atoms with van der Waals surface area (Å²) in [5, 5.41) is 13.4. The van der Waals surface area contributed by atoms with Crippen LogP contribution in [-0.4, -0.2) is 22.8 Å². The third-order valence-electron chi connectivity index (χ3n) is 4.53. The average Bonchev–Trinajstić information content (AvgIpc) is 3.20. The molecule has 1 aromatic heterocycles. The second-order valence-electron chi connectivity index (χ2n) is 6.56. The number of hydrogen-bond acceptors (Lipinski definition) is 6. The van der Waals surface area contributed by atoms with E-state index in [0.29, 0.717) is 20.8 Å². The highest BCUT2D eigenvalue weighted by Gasteiger charge is 2.37. The molecule has 32 heavy (non-hydrogen) atoms. The minimum Gasteiger partial charge on any atom is -0.457 e. The molecule has 2 aromatic carbocycles. The Labute approximate surface area is 193 Å². The Balaban J connectivity index is 1.66. The first-order chi connectivity index (χ1) is 15.2. The van der Waals surface area contributed by atoms with Crippen LogP contribution < -0.4 is 10.2 Å². The van der Waals surface area contributed by atoms with Crippen molar-refractivity contribution in [3.63, 3.8) is 0 Å². The molecule has 1 N–H and O–H groups in total. The highest BCUT2D eigenvalue weighted by atomic mass is 79.9. The zero-order valence-corrected chi connectivity index (χ0v) is 18.2. The van der Waals surface area contributed by atoms with Crippen LogP contribution in [0.5, 0.6) is 0 Å². The van der Waals surface area contributed by atoms with E-state index in [9.17, 15) is 24.5 Å². The van der Waals surface area contributed by atoms with Gasteiger partial charge in [-0.3, -0.25) is 25.0 Å². The molecule has 1 aliphatic rings. The van der Waals surface area contributed by atoms with E-state index in [2.05, 4.69) is 21.2 Å². The number of nitro benzene ring substituents is 1. The number of amides is 4. The number of furan rings is 1. The highest BCUT2D eigenvalue weighted by molar-refractivity contribution is 9.10. The maximum atomic E-state index is 12.9. The van der Waals surface area contributed by atoms with Gasteiger partial charge in [0.1, 0.15) is 17.1 Å². The van der Waals surface area contributed by atoms with Crippen molar-refractivity contribution < 1.29 is 23.7 Å². The standard InChI is InChI=1S/C21H11BrClN3O6/c22-17-9-13(26(30)31)5-7-15(17)18-8-6-14(32-18)10-16-19(27)24-21(29)25(20(16)28)12-3-1-11(23)2-4-12/h1-10H,(H,24,27,29)/b16-10+. The van der Waals surface area contributed by atoms with E-state index in [0.717, 1.165) is 4.90 Å². The molecule has 4 amide bonds. The van der Waals surface area contributed by atoms with Crippen LogP contribution in [-0.2, 0) is 9.59 Å². The van der Waals surface area contributed by atoms with Crippen molar-refractivity contribution in [1.29, 1.82) is 0 Å². The fourth-order valence-electron chi connectivity index (χ4n) is 3.02. The summed E-state index contributed by atoms with van der Waals surface area (Å²) in [6.45, 7) is 0. The molecule has 3 aromatic rings. The number of benzene rings is 2. The molecule has 0 bridgehead atoms. The Hall–Kier alpha value is -3.76. The van der Waals surface area contributed by atoms with Crippen molar-refractivity contribution in [3.05, 3.63) is 85.5 Å². The number of nitrogens with zero attached hydrogens (tertiary/aromatic N) is 2. The minimum atomic E-state index is -0.880. The Morgan fingerprint density at radius 3 is 2.44 bits per heavy atom. The second-order valence-corrected chi connectivity index (χ2v) is 7.85. The zero-order valence-electron chi connectivity index (χ0n) is 15.9. The van der Waals surface area contributed by atoms with E-state index in [1.54, 1.807) is 6.07 Å². The van der Waals surface area contributed by atoms with Crippen LogP contribution in [0.25, 0.3) is 17.4 Å². The van der Waals surface area contributed by atoms with Crippen molar-refractivity contribution in [2.24, 2.45) is 0 Å². The van der Waals surface area contributed by atoms with Gasteiger partial charge in [-0.25, -0.2) is 9.69 Å². The number of nitrogens with one attached hydrogen (secondary N) is 1. The molecule has 0 aliphatic carbocycles. The van der Waals surface area contributed by atoms with E-state index in [-0.39, 0.29) is 22.7 Å². The number of anilines is 1. The van der Waals surface area contributed by atoms with Gasteiger partial charge in [-0.2, -0.15) is 0 Å². The lowest BCUT2D eigenvalue weighted by atomic mass is 10.1. The Morgan fingerprint density at radius 2 is 1.78 bits per heavy atom. The first kappa shape index (κ1) is 21.5. The van der Waals surface area contributed by atoms with E-state index in [1.807, 2.05) is 0 Å². The van der Waals surface area contributed by atoms with Gasteiger partial charge in [0.2, 0.25) is 0 Å². The second kappa shape index (κ2) is 8.40. The van der Waals surface area contributed by atoms with E-state index >= 15 is 0 Å². The fourth-order valence-corrected chi connectivity index (χ4v) is 3.71. The number of imide groups is 2. The van der Waals surface area contributed by atoms with Crippen molar-refractivity contribution in [3.8, 4) is 11.3 Å². The van der Waals surface area contributed by atoms with Gasteiger partial charge in [0.05, 0.1) is 10.6 Å². The van der Waals surface area contributed by atoms with Crippen molar-refractivity contribution >= 4 is 62.8 Å². The first-order valence-corrected chi connectivity index (χ1v) is 10.1. The molecule has 0 atom stereocenters. The molecule has 4 rings (SSSR count). The first-order valence-electron chi connectivity index (χ1n) is 8.96. The number of hydrogen-bond donors (Lipinski definition) is 1. The predicted molar refractivity (Wildman–Crippen MR) is 119 cm³/mol. The Bertz CT molecular complexity index is 1320. The van der Waals surface area contributed by atoms with E-state index in [4.69, 9.17) is 16.0 Å². The lowest BCUT2D eigenvalue weighted by Crippen LogP contribution is -2.54. The van der Waals surface area contributed by atoms with Crippen LogP contribution in [0.2, 0.25) is 5.02 Å². The highest BCUT2D eigenvalue weighted by Crippen LogP contribution is 2.33. The predicted octanol–water partition coefficient (Wildman–Crippen LogP) is 4.94. The van der Waals surface area contributed by atoms with Gasteiger partial charge in [0.25, 0.3) is 17.5 Å². The number of nitro groups is 1. The Kier molecular flexibility index (Phi) is 5.64. The molecule has 1 fully saturated rings. The largest absolute Gasteiger partial charge is 0.457 e. The van der Waals surface area contributed by atoms with Gasteiger partial charge < -0.3 is 4.42 Å². The molecule has 9 nitrogen and oxygen atoms in total. The van der Waals surface area contributed by atoms with Gasteiger partial charge >= 0.3 is 6.03 Å². The van der Waals surface area contributed by atoms with Crippen LogP contribution in [0.15, 0.2) is 69.1 Å². The van der Waals surface area contributed by atoms with Crippen LogP contribution in [0.1, 0.15) is 5.76 Å². The van der Waals surface area contributed by atoms with E-state index < -0.39 is 22.8 Å². The zero-order chi connectivity index (χ0) is 23.0. The summed E-state index contributed by atoms with van der Waals surface area (Å²) in [4.78, 5) is 48.6. The summed E-state index contributed by atoms with van der Waals surface area (Å²) in [7, 11) is 0. The molecule has 0 radical (unpaired) electrons. The summed E-state index contributed by atoms with van der Waals surface area (Å²) >= 11 is 9.12. The van der Waals surface area contributed by atoms with Gasteiger partial charge in [-0.1, -0.05) is 11.6 Å². The number of non-ortho nitro benzene ring substituents is 1.